The molecule has 0 radical (unpaired) electrons. The number of hydrogen-bond donors (Lipinski definition) is 1. The lowest BCUT2D eigenvalue weighted by Gasteiger charge is -2.35. The summed E-state index contributed by atoms with van der Waals surface area (Å²) >= 11 is 0. The topological polar surface area (TPSA) is 78.7 Å². The van der Waals surface area contributed by atoms with E-state index in [9.17, 15) is 4.79 Å². The molecule has 1 saturated carbocycles. The zero-order chi connectivity index (χ0) is 24.6. The molecule has 2 aliphatic rings. The van der Waals surface area contributed by atoms with E-state index in [1.165, 1.54) is 29.2 Å². The van der Waals surface area contributed by atoms with E-state index in [2.05, 4.69) is 65.7 Å². The Balaban J connectivity index is 1.34. The summed E-state index contributed by atoms with van der Waals surface area (Å²) in [7, 11) is 0. The largest absolute Gasteiger partial charge is 0.363 e. The van der Waals surface area contributed by atoms with Gasteiger partial charge < -0.3 is 15.1 Å². The van der Waals surface area contributed by atoms with Crippen molar-refractivity contribution in [1.82, 2.24) is 24.5 Å². The van der Waals surface area contributed by atoms with Crippen molar-refractivity contribution >= 4 is 34.1 Å². The molecule has 3 heterocycles. The molecule has 1 saturated heterocycles. The summed E-state index contributed by atoms with van der Waals surface area (Å²) in [6, 6.07) is 17.2. The molecule has 1 atom stereocenters. The molecule has 1 N–H and O–H groups in total. The van der Waals surface area contributed by atoms with E-state index in [-0.39, 0.29) is 11.9 Å². The van der Waals surface area contributed by atoms with Crippen LogP contribution in [0.4, 0.5) is 11.6 Å². The highest BCUT2D eigenvalue weighted by molar-refractivity contribution is 5.83. The lowest BCUT2D eigenvalue weighted by molar-refractivity contribution is -0.129. The molecule has 2 aromatic carbocycles. The number of amides is 1. The van der Waals surface area contributed by atoms with Crippen molar-refractivity contribution in [1.29, 1.82) is 0 Å². The van der Waals surface area contributed by atoms with Gasteiger partial charge in [0.2, 0.25) is 5.91 Å². The molecule has 1 amide bonds. The first-order valence-corrected chi connectivity index (χ1v) is 13.1. The molecule has 0 bridgehead atoms. The Morgan fingerprint density at radius 1 is 0.972 bits per heavy atom. The average molecular weight is 484 g/mol. The number of nitrogens with zero attached hydrogens (tertiary/aromatic N) is 6. The second-order valence-electron chi connectivity index (χ2n) is 10.1. The maximum absolute atomic E-state index is 11.8. The quantitative estimate of drug-likeness (QED) is 0.440. The van der Waals surface area contributed by atoms with Crippen LogP contribution in [0.1, 0.15) is 62.9 Å². The summed E-state index contributed by atoms with van der Waals surface area (Å²) in [6.07, 6.45) is 4.77. The van der Waals surface area contributed by atoms with Crippen LogP contribution in [0.5, 0.6) is 0 Å². The lowest BCUT2D eigenvalue weighted by atomic mass is 10.0. The molecule has 2 fully saturated rings. The first-order chi connectivity index (χ1) is 17.5. The van der Waals surface area contributed by atoms with E-state index in [4.69, 9.17) is 15.1 Å². The van der Waals surface area contributed by atoms with Crippen LogP contribution in [0.15, 0.2) is 48.5 Å². The van der Waals surface area contributed by atoms with E-state index in [1.807, 2.05) is 9.42 Å². The zero-order valence-corrected chi connectivity index (χ0v) is 21.0. The van der Waals surface area contributed by atoms with Gasteiger partial charge in [-0.05, 0) is 42.2 Å². The SMILES string of the molecule is CC(=O)N1CCN(c2cc(N[C@H](C)c3ccc4ccccc4c3)n3nc(C4CCCC4)nc3n2)CC1. The van der Waals surface area contributed by atoms with Crippen LogP contribution in [-0.4, -0.2) is 56.6 Å². The van der Waals surface area contributed by atoms with Gasteiger partial charge >= 0.3 is 0 Å². The van der Waals surface area contributed by atoms with E-state index < -0.39 is 0 Å². The molecule has 1 aliphatic carbocycles. The standard InChI is InChI=1S/C28H33N7O/c1-19(23-12-11-21-7-3-6-10-24(21)17-23)29-26-18-25(34-15-13-33(14-16-34)20(2)36)30-28-31-27(32-35(26)28)22-8-4-5-9-22/h3,6-7,10-12,17-19,22,29H,4-5,8-9,13-16H2,1-2H3/t19-/m1/s1. The molecule has 1 aliphatic heterocycles. The second-order valence-corrected chi connectivity index (χ2v) is 10.1. The Morgan fingerprint density at radius 2 is 1.72 bits per heavy atom. The molecule has 4 aromatic rings. The van der Waals surface area contributed by atoms with Crippen molar-refractivity contribution in [3.05, 3.63) is 59.9 Å². The maximum atomic E-state index is 11.8. The summed E-state index contributed by atoms with van der Waals surface area (Å²) in [5.74, 6) is 3.85. The van der Waals surface area contributed by atoms with Crippen LogP contribution < -0.4 is 10.2 Å². The molecule has 8 nitrogen and oxygen atoms in total. The number of carbonyl (C=O) groups is 1. The van der Waals surface area contributed by atoms with Crippen molar-refractivity contribution in [3.63, 3.8) is 0 Å². The van der Waals surface area contributed by atoms with Crippen molar-refractivity contribution in [2.45, 2.75) is 51.5 Å². The molecule has 2 aromatic heterocycles. The van der Waals surface area contributed by atoms with E-state index >= 15 is 0 Å². The van der Waals surface area contributed by atoms with Gasteiger partial charge in [0.25, 0.3) is 5.78 Å². The molecule has 6 rings (SSSR count). The van der Waals surface area contributed by atoms with Gasteiger partial charge in [-0.25, -0.2) is 0 Å². The first-order valence-electron chi connectivity index (χ1n) is 13.1. The third kappa shape index (κ3) is 4.36. The van der Waals surface area contributed by atoms with E-state index in [1.54, 1.807) is 6.92 Å². The van der Waals surface area contributed by atoms with Gasteiger partial charge in [0.05, 0.1) is 0 Å². The number of fused-ring (bicyclic) bond motifs is 2. The highest BCUT2D eigenvalue weighted by Gasteiger charge is 2.25. The minimum atomic E-state index is 0.0711. The summed E-state index contributed by atoms with van der Waals surface area (Å²) in [4.78, 5) is 25.7. The number of benzene rings is 2. The van der Waals surface area contributed by atoms with Gasteiger partial charge in [-0.1, -0.05) is 49.2 Å². The lowest BCUT2D eigenvalue weighted by Crippen LogP contribution is -2.48. The van der Waals surface area contributed by atoms with Crippen molar-refractivity contribution in [2.24, 2.45) is 0 Å². The fourth-order valence-electron chi connectivity index (χ4n) is 5.53. The number of carbonyl (C=O) groups excluding carboxylic acids is 1. The molecule has 8 heteroatoms. The van der Waals surface area contributed by atoms with Gasteiger partial charge in [0.15, 0.2) is 5.82 Å². The number of piperazine rings is 1. The van der Waals surface area contributed by atoms with E-state index in [0.717, 1.165) is 43.4 Å². The van der Waals surface area contributed by atoms with Crippen molar-refractivity contribution in [3.8, 4) is 0 Å². The molecule has 0 unspecified atom stereocenters. The predicted octanol–water partition coefficient (Wildman–Crippen LogP) is 4.78. The Bertz CT molecular complexity index is 1400. The average Bonchev–Trinajstić information content (AvgIpc) is 3.59. The predicted molar refractivity (Wildman–Crippen MR) is 142 cm³/mol. The van der Waals surface area contributed by atoms with E-state index in [0.29, 0.717) is 24.8 Å². The van der Waals surface area contributed by atoms with Crippen molar-refractivity contribution < 1.29 is 4.79 Å². The minimum Gasteiger partial charge on any atom is -0.363 e. The number of hydrogen-bond acceptors (Lipinski definition) is 6. The smallest absolute Gasteiger partial charge is 0.256 e. The minimum absolute atomic E-state index is 0.0711. The van der Waals surface area contributed by atoms with Gasteiger partial charge in [-0.2, -0.15) is 14.5 Å². The van der Waals surface area contributed by atoms with Gasteiger partial charge in [0, 0.05) is 51.1 Å². The zero-order valence-electron chi connectivity index (χ0n) is 21.0. The summed E-state index contributed by atoms with van der Waals surface area (Å²) in [5.41, 5.74) is 1.21. The first kappa shape index (κ1) is 22.8. The third-order valence-electron chi connectivity index (χ3n) is 7.72. The van der Waals surface area contributed by atoms with Crippen LogP contribution in [0.3, 0.4) is 0 Å². The molecular formula is C28H33N7O. The Morgan fingerprint density at radius 3 is 2.47 bits per heavy atom. The monoisotopic (exact) mass is 483 g/mol. The maximum Gasteiger partial charge on any atom is 0.256 e. The number of anilines is 2. The highest BCUT2D eigenvalue weighted by Crippen LogP contribution is 2.33. The highest BCUT2D eigenvalue weighted by atomic mass is 16.2. The van der Waals surface area contributed by atoms with Gasteiger partial charge in [-0.3, -0.25) is 4.79 Å². The van der Waals surface area contributed by atoms with Crippen molar-refractivity contribution in [2.75, 3.05) is 36.4 Å². The van der Waals surface area contributed by atoms with Crippen LogP contribution in [-0.2, 0) is 4.79 Å². The van der Waals surface area contributed by atoms with Crippen LogP contribution in [0, 0.1) is 0 Å². The Kier molecular flexibility index (Phi) is 5.95. The number of rotatable bonds is 5. The van der Waals surface area contributed by atoms with Gasteiger partial charge in [0.1, 0.15) is 11.6 Å². The number of aromatic nitrogens is 4. The van der Waals surface area contributed by atoms with Crippen LogP contribution >= 0.6 is 0 Å². The number of nitrogens with one attached hydrogen (secondary N) is 1. The van der Waals surface area contributed by atoms with Crippen LogP contribution in [0.25, 0.3) is 16.6 Å². The Hall–Kier alpha value is -3.68. The molecule has 36 heavy (non-hydrogen) atoms. The normalized spacial score (nSPS) is 17.7. The molecule has 0 spiro atoms. The fraction of sp³-hybridized carbons (Fsp3) is 0.429. The summed E-state index contributed by atoms with van der Waals surface area (Å²) < 4.78 is 1.88. The third-order valence-corrected chi connectivity index (χ3v) is 7.72. The fourth-order valence-corrected chi connectivity index (χ4v) is 5.53. The second kappa shape index (κ2) is 9.41. The summed E-state index contributed by atoms with van der Waals surface area (Å²) in [6.45, 7) is 6.74. The van der Waals surface area contributed by atoms with Crippen LogP contribution in [0.2, 0.25) is 0 Å². The Labute approximate surface area is 211 Å². The van der Waals surface area contributed by atoms with Gasteiger partial charge in [-0.15, -0.1) is 5.10 Å². The summed E-state index contributed by atoms with van der Waals surface area (Å²) in [5, 5.41) is 11.1. The molecular weight excluding hydrogens is 450 g/mol. The molecule has 186 valence electrons.